The molecule has 0 aromatic heterocycles. The lowest BCUT2D eigenvalue weighted by Gasteiger charge is -2.32. The van der Waals surface area contributed by atoms with E-state index in [0.717, 1.165) is 0 Å². The monoisotopic (exact) mass is 258 g/mol. The number of benzene rings is 1. The third-order valence-electron chi connectivity index (χ3n) is 2.86. The van der Waals surface area contributed by atoms with Crippen LogP contribution in [0.1, 0.15) is 6.92 Å². The second-order valence-corrected chi connectivity index (χ2v) is 6.01. The third kappa shape index (κ3) is 2.48. The van der Waals surface area contributed by atoms with E-state index in [1.54, 1.807) is 0 Å². The number of sulfonamides is 1. The summed E-state index contributed by atoms with van der Waals surface area (Å²) in [5.41, 5.74) is 0. The maximum absolute atomic E-state index is 12.8. The predicted molar refractivity (Wildman–Crippen MR) is 62.6 cm³/mol. The minimum absolute atomic E-state index is 0.0844. The van der Waals surface area contributed by atoms with Crippen molar-refractivity contribution in [2.75, 3.05) is 19.6 Å². The van der Waals surface area contributed by atoms with Crippen LogP contribution in [0.2, 0.25) is 0 Å². The zero-order chi connectivity index (χ0) is 12.5. The van der Waals surface area contributed by atoms with Crippen LogP contribution in [0.15, 0.2) is 29.2 Å². The fourth-order valence-electron chi connectivity index (χ4n) is 1.92. The number of hydrogen-bond donors (Lipinski definition) is 1. The molecule has 0 radical (unpaired) electrons. The molecule has 0 aliphatic carbocycles. The summed E-state index contributed by atoms with van der Waals surface area (Å²) < 4.78 is 38.8. The van der Waals surface area contributed by atoms with Crippen LogP contribution in [0, 0.1) is 5.82 Å². The SMILES string of the molecule is C[C@@H]1CNCCN1S(=O)(=O)c1ccc(F)cc1. The number of hydrogen-bond acceptors (Lipinski definition) is 3. The third-order valence-corrected chi connectivity index (χ3v) is 4.89. The van der Waals surface area contributed by atoms with Gasteiger partial charge in [0.05, 0.1) is 4.90 Å². The minimum atomic E-state index is -3.50. The van der Waals surface area contributed by atoms with E-state index in [1.807, 2.05) is 6.92 Å². The molecule has 2 rings (SSSR count). The quantitative estimate of drug-likeness (QED) is 0.854. The molecule has 4 nitrogen and oxygen atoms in total. The van der Waals surface area contributed by atoms with Crippen molar-refractivity contribution in [2.24, 2.45) is 0 Å². The number of piperazine rings is 1. The first-order valence-corrected chi connectivity index (χ1v) is 6.94. The Morgan fingerprint density at radius 1 is 1.35 bits per heavy atom. The molecule has 94 valence electrons. The van der Waals surface area contributed by atoms with Gasteiger partial charge in [-0.15, -0.1) is 0 Å². The first kappa shape index (κ1) is 12.5. The lowest BCUT2D eigenvalue weighted by molar-refractivity contribution is 0.284. The molecule has 0 bridgehead atoms. The molecule has 0 saturated carbocycles. The van der Waals surface area contributed by atoms with Crippen LogP contribution in [0.25, 0.3) is 0 Å². The van der Waals surface area contributed by atoms with Crippen molar-refractivity contribution >= 4 is 10.0 Å². The summed E-state index contributed by atoms with van der Waals surface area (Å²) in [5.74, 6) is -0.433. The van der Waals surface area contributed by atoms with E-state index in [4.69, 9.17) is 0 Å². The average Bonchev–Trinajstić information content (AvgIpc) is 2.30. The van der Waals surface area contributed by atoms with Crippen LogP contribution in [-0.4, -0.2) is 38.4 Å². The van der Waals surface area contributed by atoms with Gasteiger partial charge in [-0.2, -0.15) is 4.31 Å². The Morgan fingerprint density at radius 2 is 2.00 bits per heavy atom. The Balaban J connectivity index is 2.32. The van der Waals surface area contributed by atoms with E-state index in [-0.39, 0.29) is 10.9 Å². The zero-order valence-corrected chi connectivity index (χ0v) is 10.4. The largest absolute Gasteiger partial charge is 0.314 e. The number of halogens is 1. The van der Waals surface area contributed by atoms with Crippen LogP contribution in [0.5, 0.6) is 0 Å². The molecule has 1 heterocycles. The van der Waals surface area contributed by atoms with Gasteiger partial charge in [-0.05, 0) is 31.2 Å². The van der Waals surface area contributed by atoms with Crippen LogP contribution in [-0.2, 0) is 10.0 Å². The molecule has 6 heteroatoms. The van der Waals surface area contributed by atoms with Crippen molar-refractivity contribution in [1.29, 1.82) is 0 Å². The topological polar surface area (TPSA) is 49.4 Å². The van der Waals surface area contributed by atoms with Gasteiger partial charge in [0.25, 0.3) is 0 Å². The van der Waals surface area contributed by atoms with Gasteiger partial charge in [-0.1, -0.05) is 0 Å². The molecule has 1 aliphatic heterocycles. The molecule has 1 aliphatic rings. The highest BCUT2D eigenvalue weighted by Crippen LogP contribution is 2.19. The smallest absolute Gasteiger partial charge is 0.243 e. The Kier molecular flexibility index (Phi) is 3.46. The first-order chi connectivity index (χ1) is 8.01. The molecule has 1 fully saturated rings. The Bertz CT molecular complexity index is 487. The van der Waals surface area contributed by atoms with Gasteiger partial charge < -0.3 is 5.32 Å². The fraction of sp³-hybridized carbons (Fsp3) is 0.455. The second-order valence-electron chi connectivity index (χ2n) is 4.12. The summed E-state index contributed by atoms with van der Waals surface area (Å²) in [6, 6.07) is 4.86. The highest BCUT2D eigenvalue weighted by atomic mass is 32.2. The van der Waals surface area contributed by atoms with Gasteiger partial charge >= 0.3 is 0 Å². The molecule has 1 N–H and O–H groups in total. The summed E-state index contributed by atoms with van der Waals surface area (Å²) >= 11 is 0. The standard InChI is InChI=1S/C11H15FN2O2S/c1-9-8-13-6-7-14(9)17(15,16)11-4-2-10(12)3-5-11/h2-5,9,13H,6-8H2,1H3/t9-/m1/s1. The number of rotatable bonds is 2. The second kappa shape index (κ2) is 4.72. The Labute approximate surface area is 100 Å². The van der Waals surface area contributed by atoms with Crippen molar-refractivity contribution in [3.63, 3.8) is 0 Å². The van der Waals surface area contributed by atoms with E-state index in [1.165, 1.54) is 28.6 Å². The molecule has 0 spiro atoms. The van der Waals surface area contributed by atoms with Gasteiger partial charge in [0.15, 0.2) is 0 Å². The molecule has 17 heavy (non-hydrogen) atoms. The Morgan fingerprint density at radius 3 is 2.59 bits per heavy atom. The van der Waals surface area contributed by atoms with E-state index in [2.05, 4.69) is 5.32 Å². The van der Waals surface area contributed by atoms with Gasteiger partial charge in [-0.25, -0.2) is 12.8 Å². The summed E-state index contributed by atoms with van der Waals surface area (Å²) in [6.45, 7) is 3.58. The molecule has 0 amide bonds. The van der Waals surface area contributed by atoms with Crippen molar-refractivity contribution in [2.45, 2.75) is 17.9 Å². The van der Waals surface area contributed by atoms with Crippen LogP contribution < -0.4 is 5.32 Å². The predicted octanol–water partition coefficient (Wildman–Crippen LogP) is 0.808. The number of nitrogens with one attached hydrogen (secondary N) is 1. The van der Waals surface area contributed by atoms with E-state index < -0.39 is 15.8 Å². The summed E-state index contributed by atoms with van der Waals surface area (Å²) in [5, 5.41) is 3.13. The van der Waals surface area contributed by atoms with E-state index >= 15 is 0 Å². The lowest BCUT2D eigenvalue weighted by Crippen LogP contribution is -2.52. The van der Waals surface area contributed by atoms with Gasteiger partial charge in [0.2, 0.25) is 10.0 Å². The first-order valence-electron chi connectivity index (χ1n) is 5.50. The summed E-state index contributed by atoms with van der Waals surface area (Å²) in [4.78, 5) is 0.146. The van der Waals surface area contributed by atoms with Gasteiger partial charge in [-0.3, -0.25) is 0 Å². The van der Waals surface area contributed by atoms with E-state index in [9.17, 15) is 12.8 Å². The lowest BCUT2D eigenvalue weighted by atomic mass is 10.3. The molecule has 1 saturated heterocycles. The van der Waals surface area contributed by atoms with Crippen LogP contribution >= 0.6 is 0 Å². The molecule has 1 atom stereocenters. The summed E-state index contributed by atoms with van der Waals surface area (Å²) in [6.07, 6.45) is 0. The number of nitrogens with zero attached hydrogens (tertiary/aromatic N) is 1. The molecular formula is C11H15FN2O2S. The van der Waals surface area contributed by atoms with Crippen molar-refractivity contribution < 1.29 is 12.8 Å². The van der Waals surface area contributed by atoms with Crippen molar-refractivity contribution in [3.05, 3.63) is 30.1 Å². The van der Waals surface area contributed by atoms with Crippen molar-refractivity contribution in [1.82, 2.24) is 9.62 Å². The van der Waals surface area contributed by atoms with Gasteiger partial charge in [0, 0.05) is 25.7 Å². The molecule has 1 aromatic carbocycles. The fourth-order valence-corrected chi connectivity index (χ4v) is 3.55. The molecular weight excluding hydrogens is 243 g/mol. The van der Waals surface area contributed by atoms with Crippen molar-refractivity contribution in [3.8, 4) is 0 Å². The minimum Gasteiger partial charge on any atom is -0.314 e. The van der Waals surface area contributed by atoms with E-state index in [0.29, 0.717) is 19.6 Å². The maximum Gasteiger partial charge on any atom is 0.243 e. The normalized spacial score (nSPS) is 22.6. The molecule has 0 unspecified atom stereocenters. The Hall–Kier alpha value is -0.980. The summed E-state index contributed by atoms with van der Waals surface area (Å²) in [7, 11) is -3.50. The highest BCUT2D eigenvalue weighted by molar-refractivity contribution is 7.89. The zero-order valence-electron chi connectivity index (χ0n) is 9.56. The van der Waals surface area contributed by atoms with Crippen LogP contribution in [0.4, 0.5) is 4.39 Å². The highest BCUT2D eigenvalue weighted by Gasteiger charge is 2.30. The average molecular weight is 258 g/mol. The molecule has 1 aromatic rings. The van der Waals surface area contributed by atoms with Gasteiger partial charge in [0.1, 0.15) is 5.82 Å². The maximum atomic E-state index is 12.8. The van der Waals surface area contributed by atoms with Crippen LogP contribution in [0.3, 0.4) is 0 Å².